The summed E-state index contributed by atoms with van der Waals surface area (Å²) in [4.78, 5) is 0. The molecule has 0 aliphatic heterocycles. The topological polar surface area (TPSA) is 101 Å². The fourth-order valence-electron chi connectivity index (χ4n) is 3.68. The number of phenolic OH excluding ortho intramolecular Hbond substituents is 5. The van der Waals surface area contributed by atoms with Crippen LogP contribution >= 0.6 is 0 Å². The fourth-order valence-corrected chi connectivity index (χ4v) is 3.68. The Morgan fingerprint density at radius 1 is 0.615 bits per heavy atom. The summed E-state index contributed by atoms with van der Waals surface area (Å²) < 4.78 is 0. The Balaban J connectivity index is 1.76. The molecule has 132 valence electrons. The van der Waals surface area contributed by atoms with Gasteiger partial charge in [-0.15, -0.1) is 0 Å². The number of benzene rings is 3. The van der Waals surface area contributed by atoms with Gasteiger partial charge in [-0.1, -0.05) is 12.1 Å². The Morgan fingerprint density at radius 3 is 1.58 bits per heavy atom. The first-order valence-corrected chi connectivity index (χ1v) is 8.34. The minimum Gasteiger partial charge on any atom is -0.508 e. The van der Waals surface area contributed by atoms with Crippen LogP contribution in [-0.2, 0) is 6.42 Å². The van der Waals surface area contributed by atoms with Crippen molar-refractivity contribution in [1.29, 1.82) is 0 Å². The van der Waals surface area contributed by atoms with E-state index in [1.54, 1.807) is 24.3 Å². The third-order valence-electron chi connectivity index (χ3n) is 4.99. The van der Waals surface area contributed by atoms with Gasteiger partial charge in [-0.25, -0.2) is 0 Å². The lowest BCUT2D eigenvalue weighted by atomic mass is 9.90. The zero-order valence-corrected chi connectivity index (χ0v) is 13.8. The van der Waals surface area contributed by atoms with Gasteiger partial charge in [0.15, 0.2) is 23.0 Å². The van der Waals surface area contributed by atoms with Gasteiger partial charge >= 0.3 is 0 Å². The molecule has 5 N–H and O–H groups in total. The van der Waals surface area contributed by atoms with Gasteiger partial charge in [0.05, 0.1) is 0 Å². The molecule has 0 unspecified atom stereocenters. The predicted octanol–water partition coefficient (Wildman–Crippen LogP) is 3.96. The maximum atomic E-state index is 9.93. The molecule has 1 aliphatic rings. The van der Waals surface area contributed by atoms with Crippen LogP contribution in [0.5, 0.6) is 28.7 Å². The summed E-state index contributed by atoms with van der Waals surface area (Å²) in [5.74, 6) is -0.708. The Labute approximate surface area is 150 Å². The van der Waals surface area contributed by atoms with Gasteiger partial charge in [-0.2, -0.15) is 0 Å². The second-order valence-corrected chi connectivity index (χ2v) is 6.61. The van der Waals surface area contributed by atoms with E-state index in [1.165, 1.54) is 12.1 Å². The second kappa shape index (κ2) is 5.88. The molecule has 0 amide bonds. The third kappa shape index (κ3) is 2.58. The Hall–Kier alpha value is -3.34. The number of fused-ring (bicyclic) bond motifs is 3. The summed E-state index contributed by atoms with van der Waals surface area (Å²) >= 11 is 0. The molecule has 5 heteroatoms. The van der Waals surface area contributed by atoms with Gasteiger partial charge in [-0.05, 0) is 77.1 Å². The SMILES string of the molecule is Oc1ccc(CCC2c3cc(O)c(O)cc3-c3cc(O)c(O)cc32)cc1. The summed E-state index contributed by atoms with van der Waals surface area (Å²) in [6, 6.07) is 13.0. The van der Waals surface area contributed by atoms with Crippen LogP contribution in [-0.4, -0.2) is 25.5 Å². The van der Waals surface area contributed by atoms with Crippen molar-refractivity contribution in [2.45, 2.75) is 18.8 Å². The summed E-state index contributed by atoms with van der Waals surface area (Å²) in [5, 5.41) is 49.0. The molecule has 0 atom stereocenters. The van der Waals surface area contributed by atoms with E-state index in [0.29, 0.717) is 6.42 Å². The van der Waals surface area contributed by atoms with E-state index in [1.807, 2.05) is 12.1 Å². The van der Waals surface area contributed by atoms with E-state index in [-0.39, 0.29) is 34.7 Å². The van der Waals surface area contributed by atoms with Gasteiger partial charge in [-0.3, -0.25) is 0 Å². The van der Waals surface area contributed by atoms with Gasteiger partial charge < -0.3 is 25.5 Å². The molecule has 26 heavy (non-hydrogen) atoms. The number of aryl methyl sites for hydroxylation is 1. The Morgan fingerprint density at radius 2 is 1.08 bits per heavy atom. The first-order chi connectivity index (χ1) is 12.4. The number of rotatable bonds is 3. The molecule has 0 saturated carbocycles. The number of aromatic hydroxyl groups is 5. The minimum atomic E-state index is -0.221. The largest absolute Gasteiger partial charge is 0.508 e. The molecule has 3 aromatic rings. The lowest BCUT2D eigenvalue weighted by Crippen LogP contribution is -1.99. The Bertz CT molecular complexity index is 935. The fraction of sp³-hybridized carbons (Fsp3) is 0.143. The lowest BCUT2D eigenvalue weighted by molar-refractivity contribution is 0.403. The molecule has 0 radical (unpaired) electrons. The van der Waals surface area contributed by atoms with Crippen molar-refractivity contribution in [3.05, 3.63) is 65.2 Å². The highest BCUT2D eigenvalue weighted by molar-refractivity contribution is 5.83. The van der Waals surface area contributed by atoms with Crippen molar-refractivity contribution in [3.63, 3.8) is 0 Å². The highest BCUT2D eigenvalue weighted by Crippen LogP contribution is 2.52. The molecule has 0 bridgehead atoms. The Kier molecular flexibility index (Phi) is 3.65. The first-order valence-electron chi connectivity index (χ1n) is 8.34. The van der Waals surface area contributed by atoms with Crippen LogP contribution in [0, 0.1) is 0 Å². The van der Waals surface area contributed by atoms with Crippen molar-refractivity contribution in [2.75, 3.05) is 0 Å². The first kappa shape index (κ1) is 16.1. The molecular weight excluding hydrogens is 332 g/mol. The van der Waals surface area contributed by atoms with Gasteiger partial charge in [0.2, 0.25) is 0 Å². The normalized spacial score (nSPS) is 12.8. The maximum Gasteiger partial charge on any atom is 0.158 e. The number of hydrogen-bond acceptors (Lipinski definition) is 5. The molecule has 0 saturated heterocycles. The van der Waals surface area contributed by atoms with Gasteiger partial charge in [0.25, 0.3) is 0 Å². The molecule has 3 aromatic carbocycles. The summed E-state index contributed by atoms with van der Waals surface area (Å²) in [7, 11) is 0. The van der Waals surface area contributed by atoms with Crippen molar-refractivity contribution < 1.29 is 25.5 Å². The second-order valence-electron chi connectivity index (χ2n) is 6.61. The lowest BCUT2D eigenvalue weighted by Gasteiger charge is -2.14. The molecule has 1 aliphatic carbocycles. The van der Waals surface area contributed by atoms with E-state index in [2.05, 4.69) is 0 Å². The van der Waals surface area contributed by atoms with E-state index < -0.39 is 0 Å². The van der Waals surface area contributed by atoms with E-state index >= 15 is 0 Å². The number of hydrogen-bond donors (Lipinski definition) is 5. The third-order valence-corrected chi connectivity index (χ3v) is 4.99. The monoisotopic (exact) mass is 350 g/mol. The molecule has 0 spiro atoms. The van der Waals surface area contributed by atoms with Crippen molar-refractivity contribution in [1.82, 2.24) is 0 Å². The quantitative estimate of drug-likeness (QED) is 0.460. The average Bonchev–Trinajstić information content (AvgIpc) is 2.88. The van der Waals surface area contributed by atoms with Crippen molar-refractivity contribution in [3.8, 4) is 39.9 Å². The highest BCUT2D eigenvalue weighted by atomic mass is 16.3. The van der Waals surface area contributed by atoms with Crippen molar-refractivity contribution in [2.24, 2.45) is 0 Å². The zero-order valence-electron chi connectivity index (χ0n) is 13.8. The summed E-state index contributed by atoms with van der Waals surface area (Å²) in [6.45, 7) is 0. The van der Waals surface area contributed by atoms with Crippen LogP contribution in [0.3, 0.4) is 0 Å². The van der Waals surface area contributed by atoms with Crippen LogP contribution < -0.4 is 0 Å². The predicted molar refractivity (Wildman–Crippen MR) is 96.8 cm³/mol. The van der Waals surface area contributed by atoms with Crippen LogP contribution in [0.25, 0.3) is 11.1 Å². The summed E-state index contributed by atoms with van der Waals surface area (Å²) in [6.07, 6.45) is 1.44. The van der Waals surface area contributed by atoms with E-state index in [0.717, 1.165) is 34.2 Å². The van der Waals surface area contributed by atoms with E-state index in [9.17, 15) is 25.5 Å². The zero-order chi connectivity index (χ0) is 18.4. The van der Waals surface area contributed by atoms with Crippen molar-refractivity contribution >= 4 is 0 Å². The van der Waals surface area contributed by atoms with Crippen LogP contribution in [0.2, 0.25) is 0 Å². The van der Waals surface area contributed by atoms with Gasteiger partial charge in [0.1, 0.15) is 5.75 Å². The molecule has 0 fully saturated rings. The van der Waals surface area contributed by atoms with Crippen LogP contribution in [0.1, 0.15) is 29.0 Å². The maximum absolute atomic E-state index is 9.93. The van der Waals surface area contributed by atoms with Crippen LogP contribution in [0.15, 0.2) is 48.5 Å². The van der Waals surface area contributed by atoms with E-state index in [4.69, 9.17) is 0 Å². The standard InChI is InChI=1S/C21H18O5/c22-12-4-1-11(2-5-12)3-6-13-14-7-18(23)20(25)9-16(14)17-10-21(26)19(24)8-15(13)17/h1-2,4-5,7-10,13,22-26H,3,6H2. The molecule has 0 heterocycles. The molecular formula is C21H18O5. The average molecular weight is 350 g/mol. The smallest absolute Gasteiger partial charge is 0.158 e. The molecule has 5 nitrogen and oxygen atoms in total. The molecule has 0 aromatic heterocycles. The highest BCUT2D eigenvalue weighted by Gasteiger charge is 2.31. The number of phenols is 5. The van der Waals surface area contributed by atoms with Gasteiger partial charge in [0, 0.05) is 5.92 Å². The van der Waals surface area contributed by atoms with Crippen LogP contribution in [0.4, 0.5) is 0 Å². The minimum absolute atomic E-state index is 0.0909. The molecule has 4 rings (SSSR count). The summed E-state index contributed by atoms with van der Waals surface area (Å²) in [5.41, 5.74) is 4.23.